The van der Waals surface area contributed by atoms with Crippen LogP contribution in [0.1, 0.15) is 25.1 Å². The SMILES string of the molecule is CC(C)C1CCN(S(=O)(=O)c2ccc(CCO)s2)C1. The van der Waals surface area contributed by atoms with Crippen molar-refractivity contribution in [2.45, 2.75) is 30.9 Å². The zero-order chi connectivity index (χ0) is 14.0. The minimum Gasteiger partial charge on any atom is -0.396 e. The van der Waals surface area contributed by atoms with Gasteiger partial charge in [-0.15, -0.1) is 11.3 Å². The highest BCUT2D eigenvalue weighted by atomic mass is 32.2. The zero-order valence-corrected chi connectivity index (χ0v) is 13.0. The molecular weight excluding hydrogens is 282 g/mol. The van der Waals surface area contributed by atoms with E-state index in [2.05, 4.69) is 13.8 Å². The van der Waals surface area contributed by atoms with Crippen LogP contribution in [0.2, 0.25) is 0 Å². The third kappa shape index (κ3) is 3.18. The molecule has 19 heavy (non-hydrogen) atoms. The molecule has 1 fully saturated rings. The highest BCUT2D eigenvalue weighted by Gasteiger charge is 2.34. The smallest absolute Gasteiger partial charge is 0.252 e. The van der Waals surface area contributed by atoms with Crippen molar-refractivity contribution >= 4 is 21.4 Å². The van der Waals surface area contributed by atoms with Crippen LogP contribution in [0.25, 0.3) is 0 Å². The summed E-state index contributed by atoms with van der Waals surface area (Å²) in [4.78, 5) is 0.917. The molecule has 0 aromatic carbocycles. The molecule has 108 valence electrons. The van der Waals surface area contributed by atoms with Crippen LogP contribution < -0.4 is 0 Å². The van der Waals surface area contributed by atoms with Gasteiger partial charge in [-0.3, -0.25) is 0 Å². The van der Waals surface area contributed by atoms with E-state index in [1.165, 1.54) is 11.3 Å². The lowest BCUT2D eigenvalue weighted by Crippen LogP contribution is -2.28. The van der Waals surface area contributed by atoms with Gasteiger partial charge in [0.15, 0.2) is 0 Å². The Hall–Kier alpha value is -0.430. The summed E-state index contributed by atoms with van der Waals surface area (Å²) in [5, 5.41) is 8.89. The largest absolute Gasteiger partial charge is 0.396 e. The second kappa shape index (κ2) is 5.91. The molecule has 0 bridgehead atoms. The zero-order valence-electron chi connectivity index (χ0n) is 11.4. The number of hydrogen-bond acceptors (Lipinski definition) is 4. The van der Waals surface area contributed by atoms with E-state index in [0.29, 0.717) is 35.6 Å². The Morgan fingerprint density at radius 2 is 2.21 bits per heavy atom. The van der Waals surface area contributed by atoms with Crippen molar-refractivity contribution in [2.75, 3.05) is 19.7 Å². The maximum atomic E-state index is 12.5. The molecule has 0 saturated carbocycles. The number of hydrogen-bond donors (Lipinski definition) is 1. The minimum atomic E-state index is -3.33. The van der Waals surface area contributed by atoms with Crippen molar-refractivity contribution in [2.24, 2.45) is 11.8 Å². The summed E-state index contributed by atoms with van der Waals surface area (Å²) in [5.41, 5.74) is 0. The first kappa shape index (κ1) is 15.0. The van der Waals surface area contributed by atoms with Gasteiger partial charge in [0, 0.05) is 31.0 Å². The standard InChI is InChI=1S/C13H21NO3S2/c1-10(2)11-5-7-14(9-11)19(16,17)13-4-3-12(18-13)6-8-15/h3-4,10-11,15H,5-9H2,1-2H3. The average Bonchev–Trinajstić information content (AvgIpc) is 2.98. The molecule has 1 saturated heterocycles. The van der Waals surface area contributed by atoms with Crippen LogP contribution >= 0.6 is 11.3 Å². The fourth-order valence-corrected chi connectivity index (χ4v) is 5.40. The number of sulfonamides is 1. The molecule has 0 amide bonds. The van der Waals surface area contributed by atoms with Gasteiger partial charge in [-0.2, -0.15) is 4.31 Å². The van der Waals surface area contributed by atoms with E-state index in [1.54, 1.807) is 16.4 Å². The Morgan fingerprint density at radius 1 is 1.47 bits per heavy atom. The van der Waals surface area contributed by atoms with Crippen molar-refractivity contribution in [3.05, 3.63) is 17.0 Å². The summed E-state index contributed by atoms with van der Waals surface area (Å²) in [6, 6.07) is 3.46. The Morgan fingerprint density at radius 3 is 2.79 bits per heavy atom. The van der Waals surface area contributed by atoms with Crippen molar-refractivity contribution in [3.8, 4) is 0 Å². The molecule has 1 unspecified atom stereocenters. The van der Waals surface area contributed by atoms with Gasteiger partial charge in [0.25, 0.3) is 10.0 Å². The number of aliphatic hydroxyl groups excluding tert-OH is 1. The molecule has 0 aliphatic carbocycles. The van der Waals surface area contributed by atoms with Crippen molar-refractivity contribution in [3.63, 3.8) is 0 Å². The van der Waals surface area contributed by atoms with Gasteiger partial charge in [-0.05, 0) is 30.4 Å². The monoisotopic (exact) mass is 303 g/mol. The van der Waals surface area contributed by atoms with E-state index >= 15 is 0 Å². The second-order valence-electron chi connectivity index (χ2n) is 5.35. The lowest BCUT2D eigenvalue weighted by atomic mass is 9.96. The second-order valence-corrected chi connectivity index (χ2v) is 8.68. The van der Waals surface area contributed by atoms with Gasteiger partial charge in [-0.1, -0.05) is 13.8 Å². The van der Waals surface area contributed by atoms with Gasteiger partial charge < -0.3 is 5.11 Å². The quantitative estimate of drug-likeness (QED) is 0.904. The van der Waals surface area contributed by atoms with Crippen molar-refractivity contribution < 1.29 is 13.5 Å². The lowest BCUT2D eigenvalue weighted by Gasteiger charge is -2.17. The number of thiophene rings is 1. The summed E-state index contributed by atoms with van der Waals surface area (Å²) in [6.07, 6.45) is 1.47. The highest BCUT2D eigenvalue weighted by molar-refractivity contribution is 7.91. The van der Waals surface area contributed by atoms with Gasteiger partial charge in [0.05, 0.1) is 0 Å². The van der Waals surface area contributed by atoms with E-state index in [1.807, 2.05) is 0 Å². The van der Waals surface area contributed by atoms with Crippen molar-refractivity contribution in [1.29, 1.82) is 0 Å². The Kier molecular flexibility index (Phi) is 4.66. The summed E-state index contributed by atoms with van der Waals surface area (Å²) in [6.45, 7) is 5.60. The van der Waals surface area contributed by atoms with Crippen LogP contribution in [0, 0.1) is 11.8 Å². The molecule has 1 aliphatic rings. The van der Waals surface area contributed by atoms with Crippen LogP contribution in [0.4, 0.5) is 0 Å². The lowest BCUT2D eigenvalue weighted by molar-refractivity contribution is 0.300. The van der Waals surface area contributed by atoms with Crippen LogP contribution in [0.3, 0.4) is 0 Å². The van der Waals surface area contributed by atoms with Crippen LogP contribution in [-0.4, -0.2) is 37.5 Å². The van der Waals surface area contributed by atoms with E-state index in [4.69, 9.17) is 5.11 Å². The Bertz CT molecular complexity index is 522. The van der Waals surface area contributed by atoms with Crippen LogP contribution in [-0.2, 0) is 16.4 Å². The minimum absolute atomic E-state index is 0.0547. The summed E-state index contributed by atoms with van der Waals surface area (Å²) in [7, 11) is -3.33. The van der Waals surface area contributed by atoms with Gasteiger partial charge in [0.2, 0.25) is 0 Å². The predicted octanol–water partition coefficient (Wildman–Crippen LogP) is 1.95. The molecule has 1 N–H and O–H groups in total. The molecule has 0 radical (unpaired) electrons. The topological polar surface area (TPSA) is 57.6 Å². The van der Waals surface area contributed by atoms with Crippen LogP contribution in [0.15, 0.2) is 16.3 Å². The van der Waals surface area contributed by atoms with Gasteiger partial charge in [0.1, 0.15) is 4.21 Å². The molecule has 1 aromatic heterocycles. The van der Waals surface area contributed by atoms with Crippen molar-refractivity contribution in [1.82, 2.24) is 4.31 Å². The van der Waals surface area contributed by atoms with E-state index in [9.17, 15) is 8.42 Å². The summed E-state index contributed by atoms with van der Waals surface area (Å²) >= 11 is 1.27. The first-order valence-corrected chi connectivity index (χ1v) is 8.90. The van der Waals surface area contributed by atoms with Crippen LogP contribution in [0.5, 0.6) is 0 Å². The molecule has 1 atom stereocenters. The van der Waals surface area contributed by atoms with Gasteiger partial charge >= 0.3 is 0 Å². The molecule has 1 aliphatic heterocycles. The molecule has 1 aromatic rings. The number of nitrogens with zero attached hydrogens (tertiary/aromatic N) is 1. The van der Waals surface area contributed by atoms with E-state index < -0.39 is 10.0 Å². The van der Waals surface area contributed by atoms with E-state index in [-0.39, 0.29) is 6.61 Å². The summed E-state index contributed by atoms with van der Waals surface area (Å²) in [5.74, 6) is 0.986. The molecule has 2 rings (SSSR count). The highest BCUT2D eigenvalue weighted by Crippen LogP contribution is 2.31. The Labute approximate surface area is 119 Å². The first-order chi connectivity index (χ1) is 8.95. The normalized spacial score (nSPS) is 21.4. The Balaban J connectivity index is 2.14. The first-order valence-electron chi connectivity index (χ1n) is 6.65. The molecule has 6 heteroatoms. The maximum Gasteiger partial charge on any atom is 0.252 e. The predicted molar refractivity (Wildman–Crippen MR) is 76.8 cm³/mol. The maximum absolute atomic E-state index is 12.5. The molecule has 0 spiro atoms. The molecular formula is C13H21NO3S2. The fourth-order valence-electron chi connectivity index (χ4n) is 2.39. The molecule has 4 nitrogen and oxygen atoms in total. The van der Waals surface area contributed by atoms with E-state index in [0.717, 1.165) is 11.3 Å². The number of rotatable bonds is 5. The average molecular weight is 303 g/mol. The third-order valence-electron chi connectivity index (χ3n) is 3.72. The fraction of sp³-hybridized carbons (Fsp3) is 0.692. The van der Waals surface area contributed by atoms with Gasteiger partial charge in [-0.25, -0.2) is 8.42 Å². The summed E-state index contributed by atoms with van der Waals surface area (Å²) < 4.78 is 27.0. The number of aliphatic hydroxyl groups is 1. The molecule has 2 heterocycles. The third-order valence-corrected chi connectivity index (χ3v) is 7.20.